The molecule has 0 spiro atoms. The highest BCUT2D eigenvalue weighted by molar-refractivity contribution is 5.93. The summed E-state index contributed by atoms with van der Waals surface area (Å²) in [4.78, 5) is 19.6. The van der Waals surface area contributed by atoms with Crippen molar-refractivity contribution in [2.45, 2.75) is 45.2 Å². The summed E-state index contributed by atoms with van der Waals surface area (Å²) in [6.45, 7) is 4.28. The van der Waals surface area contributed by atoms with E-state index < -0.39 is 0 Å². The molecule has 1 unspecified atom stereocenters. The molecule has 1 aromatic carbocycles. The zero-order chi connectivity index (χ0) is 23.4. The lowest BCUT2D eigenvalue weighted by molar-refractivity contribution is 0.0701. The maximum atomic E-state index is 13.2. The number of hydrogen-bond donors (Lipinski definition) is 1. The van der Waals surface area contributed by atoms with Gasteiger partial charge in [0.05, 0.1) is 19.0 Å². The molecule has 4 aromatic rings. The zero-order valence-corrected chi connectivity index (χ0v) is 19.7. The second-order valence-corrected chi connectivity index (χ2v) is 9.70. The van der Waals surface area contributed by atoms with Crippen LogP contribution in [0.5, 0.6) is 5.88 Å². The molecule has 1 saturated carbocycles. The van der Waals surface area contributed by atoms with Crippen LogP contribution in [0.2, 0.25) is 0 Å². The molecule has 2 aliphatic rings. The summed E-state index contributed by atoms with van der Waals surface area (Å²) in [6, 6.07) is 10.7. The van der Waals surface area contributed by atoms with Gasteiger partial charge in [0.1, 0.15) is 11.2 Å². The molecule has 2 fully saturated rings. The lowest BCUT2D eigenvalue weighted by Gasteiger charge is -2.30. The van der Waals surface area contributed by atoms with Crippen molar-refractivity contribution in [3.63, 3.8) is 0 Å². The van der Waals surface area contributed by atoms with E-state index >= 15 is 0 Å². The van der Waals surface area contributed by atoms with Gasteiger partial charge in [0.25, 0.3) is 5.91 Å². The number of methoxy groups -OCH3 is 1. The number of ether oxygens (including phenoxy) is 1. The minimum Gasteiger partial charge on any atom is -0.479 e. The van der Waals surface area contributed by atoms with E-state index in [9.17, 15) is 4.79 Å². The Balaban J connectivity index is 1.47. The molecular weight excluding hydrogens is 428 g/mol. The Morgan fingerprint density at radius 2 is 2.06 bits per heavy atom. The third-order valence-corrected chi connectivity index (χ3v) is 7.16. The van der Waals surface area contributed by atoms with Crippen molar-refractivity contribution in [1.29, 1.82) is 0 Å². The number of likely N-dealkylation sites (tertiary alicyclic amines) is 1. The maximum Gasteiger partial charge on any atom is 0.274 e. The molecule has 0 bridgehead atoms. The second-order valence-electron chi connectivity index (χ2n) is 9.70. The molecule has 3 aromatic heterocycles. The molecule has 1 atom stereocenters. The molecule has 0 radical (unpaired) electrons. The minimum atomic E-state index is -0.132. The third-order valence-electron chi connectivity index (χ3n) is 7.16. The number of benzene rings is 1. The molecule has 1 saturated heterocycles. The van der Waals surface area contributed by atoms with Crippen LogP contribution in [-0.2, 0) is 6.54 Å². The summed E-state index contributed by atoms with van der Waals surface area (Å²) >= 11 is 0. The highest BCUT2D eigenvalue weighted by atomic mass is 16.5. The van der Waals surface area contributed by atoms with Crippen molar-refractivity contribution in [2.24, 2.45) is 11.7 Å². The molecule has 1 aliphatic carbocycles. The molecular formula is C26H30N6O2. The summed E-state index contributed by atoms with van der Waals surface area (Å²) in [6.07, 6.45) is 6.13. The van der Waals surface area contributed by atoms with Gasteiger partial charge in [-0.25, -0.2) is 9.50 Å². The average molecular weight is 459 g/mol. The van der Waals surface area contributed by atoms with Crippen LogP contribution in [0.4, 0.5) is 0 Å². The molecule has 34 heavy (non-hydrogen) atoms. The fourth-order valence-electron chi connectivity index (χ4n) is 5.18. The lowest BCUT2D eigenvalue weighted by atomic mass is 10.1. The Hall–Kier alpha value is -3.39. The summed E-state index contributed by atoms with van der Waals surface area (Å²) in [7, 11) is 1.59. The van der Waals surface area contributed by atoms with Gasteiger partial charge in [-0.15, -0.1) is 0 Å². The Kier molecular flexibility index (Phi) is 5.06. The molecule has 8 nitrogen and oxygen atoms in total. The molecule has 1 aliphatic heterocycles. The number of nitrogens with zero attached hydrogens (tertiary/aromatic N) is 5. The van der Waals surface area contributed by atoms with Crippen molar-refractivity contribution in [3.05, 3.63) is 47.8 Å². The van der Waals surface area contributed by atoms with E-state index in [1.54, 1.807) is 22.7 Å². The van der Waals surface area contributed by atoms with Gasteiger partial charge >= 0.3 is 0 Å². The quantitative estimate of drug-likeness (QED) is 0.493. The summed E-state index contributed by atoms with van der Waals surface area (Å²) in [5.74, 6) is 1.00. The first kappa shape index (κ1) is 21.2. The number of para-hydroxylation sites is 1. The Morgan fingerprint density at radius 1 is 1.24 bits per heavy atom. The van der Waals surface area contributed by atoms with Crippen LogP contribution >= 0.6 is 0 Å². The molecule has 4 heterocycles. The number of aryl methyl sites for hydroxylation is 1. The predicted molar refractivity (Wildman–Crippen MR) is 131 cm³/mol. The second kappa shape index (κ2) is 8.13. The van der Waals surface area contributed by atoms with Gasteiger partial charge in [0, 0.05) is 42.1 Å². The number of amides is 1. The van der Waals surface area contributed by atoms with E-state index in [0.717, 1.165) is 47.8 Å². The van der Waals surface area contributed by atoms with Crippen molar-refractivity contribution in [1.82, 2.24) is 24.1 Å². The van der Waals surface area contributed by atoms with Crippen LogP contribution in [0.15, 0.2) is 36.5 Å². The van der Waals surface area contributed by atoms with E-state index in [1.165, 1.54) is 23.7 Å². The highest BCUT2D eigenvalue weighted by Crippen LogP contribution is 2.38. The molecule has 176 valence electrons. The summed E-state index contributed by atoms with van der Waals surface area (Å²) < 4.78 is 9.79. The topological polar surface area (TPSA) is 90.7 Å². The monoisotopic (exact) mass is 458 g/mol. The summed E-state index contributed by atoms with van der Waals surface area (Å²) in [5.41, 5.74) is 11.4. The van der Waals surface area contributed by atoms with E-state index in [1.807, 2.05) is 6.92 Å². The third kappa shape index (κ3) is 3.53. The molecule has 6 rings (SSSR count). The number of hydrogen-bond acceptors (Lipinski definition) is 5. The average Bonchev–Trinajstić information content (AvgIpc) is 3.52. The number of rotatable bonds is 5. The van der Waals surface area contributed by atoms with E-state index in [-0.39, 0.29) is 11.9 Å². The first-order chi connectivity index (χ1) is 16.5. The summed E-state index contributed by atoms with van der Waals surface area (Å²) in [5, 5.41) is 6.16. The zero-order valence-electron chi connectivity index (χ0n) is 19.7. The number of carbonyl (C=O) groups excluding carboxylic acids is 1. The van der Waals surface area contributed by atoms with Gasteiger partial charge < -0.3 is 19.9 Å². The van der Waals surface area contributed by atoms with E-state index in [2.05, 4.69) is 39.9 Å². The smallest absolute Gasteiger partial charge is 0.274 e. The van der Waals surface area contributed by atoms with Gasteiger partial charge in [-0.1, -0.05) is 18.2 Å². The fourth-order valence-corrected chi connectivity index (χ4v) is 5.18. The molecule has 8 heteroatoms. The standard InChI is InChI=1S/C26H30N6O2/c1-16-23(22-12-18-6-3-4-8-21(18)31(22)13-17-9-10-17)29-32-15-20(28-25(34-2)24(16)32)26(33)30-11-5-7-19(27)14-30/h3-4,6,8,12,15,17,19H,5,7,9-11,13-14,27H2,1-2H3. The van der Waals surface area contributed by atoms with Crippen molar-refractivity contribution >= 4 is 22.3 Å². The minimum absolute atomic E-state index is 0.00950. The first-order valence-electron chi connectivity index (χ1n) is 12.1. The van der Waals surface area contributed by atoms with Crippen LogP contribution in [0.3, 0.4) is 0 Å². The largest absolute Gasteiger partial charge is 0.479 e. The number of aromatic nitrogens is 4. The first-order valence-corrected chi connectivity index (χ1v) is 12.1. The van der Waals surface area contributed by atoms with Crippen LogP contribution in [0, 0.1) is 12.8 Å². The normalized spacial score (nSPS) is 18.7. The van der Waals surface area contributed by atoms with E-state index in [4.69, 9.17) is 15.6 Å². The van der Waals surface area contributed by atoms with Crippen molar-refractivity contribution in [2.75, 3.05) is 20.2 Å². The fraction of sp³-hybridized carbons (Fsp3) is 0.423. The SMILES string of the molecule is COc1nc(C(=O)N2CCCC(N)C2)cn2nc(-c3cc4ccccc4n3CC3CC3)c(C)c12. The molecule has 2 N–H and O–H groups in total. The van der Waals surface area contributed by atoms with Gasteiger partial charge in [0.15, 0.2) is 5.69 Å². The Bertz CT molecular complexity index is 1400. The van der Waals surface area contributed by atoms with Crippen molar-refractivity contribution < 1.29 is 9.53 Å². The number of nitrogens with two attached hydrogens (primary N) is 1. The number of piperidine rings is 1. The Morgan fingerprint density at radius 3 is 2.82 bits per heavy atom. The predicted octanol–water partition coefficient (Wildman–Crippen LogP) is 3.64. The van der Waals surface area contributed by atoms with Crippen LogP contribution in [0.25, 0.3) is 27.8 Å². The van der Waals surface area contributed by atoms with Crippen LogP contribution in [0.1, 0.15) is 41.7 Å². The van der Waals surface area contributed by atoms with Gasteiger partial charge in [-0.2, -0.15) is 5.10 Å². The van der Waals surface area contributed by atoms with Gasteiger partial charge in [0.2, 0.25) is 5.88 Å². The van der Waals surface area contributed by atoms with Crippen LogP contribution in [-0.4, -0.2) is 56.2 Å². The lowest BCUT2D eigenvalue weighted by Crippen LogP contribution is -2.46. The maximum absolute atomic E-state index is 13.2. The van der Waals surface area contributed by atoms with Gasteiger partial charge in [-0.05, 0) is 50.7 Å². The Labute approximate surface area is 198 Å². The van der Waals surface area contributed by atoms with E-state index in [0.29, 0.717) is 24.7 Å². The highest BCUT2D eigenvalue weighted by Gasteiger charge is 2.28. The number of carbonyl (C=O) groups is 1. The van der Waals surface area contributed by atoms with Crippen molar-refractivity contribution in [3.8, 4) is 17.3 Å². The van der Waals surface area contributed by atoms with Gasteiger partial charge in [-0.3, -0.25) is 4.79 Å². The molecule has 1 amide bonds. The van der Waals surface area contributed by atoms with Crippen LogP contribution < -0.4 is 10.5 Å². The number of fused-ring (bicyclic) bond motifs is 2.